The van der Waals surface area contributed by atoms with E-state index in [0.29, 0.717) is 0 Å². The van der Waals surface area contributed by atoms with Crippen molar-refractivity contribution in [3.8, 4) is 0 Å². The SMILES string of the molecule is CC=CC(C)C(O)NCCCCCCC(C)=CC. The Kier molecular flexibility index (Phi) is 11.1. The van der Waals surface area contributed by atoms with Gasteiger partial charge in [0.1, 0.15) is 6.23 Å². The fraction of sp³-hybridized carbons (Fsp3) is 0.750. The van der Waals surface area contributed by atoms with Crippen LogP contribution in [0.25, 0.3) is 0 Å². The van der Waals surface area contributed by atoms with E-state index in [-0.39, 0.29) is 5.92 Å². The lowest BCUT2D eigenvalue weighted by molar-refractivity contribution is 0.102. The zero-order valence-electron chi connectivity index (χ0n) is 12.6. The lowest BCUT2D eigenvalue weighted by atomic mass is 10.1. The number of unbranched alkanes of at least 4 members (excludes halogenated alkanes) is 3. The molecule has 0 saturated heterocycles. The van der Waals surface area contributed by atoms with Crippen molar-refractivity contribution in [1.29, 1.82) is 0 Å². The summed E-state index contributed by atoms with van der Waals surface area (Å²) >= 11 is 0. The summed E-state index contributed by atoms with van der Waals surface area (Å²) in [5.41, 5.74) is 1.49. The predicted octanol–water partition coefficient (Wildman–Crippen LogP) is 4.02. The Labute approximate surface area is 113 Å². The Bertz CT molecular complexity index is 245. The van der Waals surface area contributed by atoms with Crippen LogP contribution in [0.4, 0.5) is 0 Å². The molecular weight excluding hydrogens is 222 g/mol. The molecule has 18 heavy (non-hydrogen) atoms. The van der Waals surface area contributed by atoms with E-state index in [1.165, 1.54) is 31.3 Å². The summed E-state index contributed by atoms with van der Waals surface area (Å²) in [5, 5.41) is 13.0. The molecule has 0 rings (SSSR count). The van der Waals surface area contributed by atoms with Crippen LogP contribution >= 0.6 is 0 Å². The molecule has 2 unspecified atom stereocenters. The molecule has 2 atom stereocenters. The highest BCUT2D eigenvalue weighted by molar-refractivity contribution is 4.94. The minimum absolute atomic E-state index is 0.187. The summed E-state index contributed by atoms with van der Waals surface area (Å²) in [6, 6.07) is 0. The van der Waals surface area contributed by atoms with Gasteiger partial charge in [-0.15, -0.1) is 0 Å². The molecule has 0 aliphatic rings. The molecule has 0 aliphatic carbocycles. The average Bonchev–Trinajstić information content (AvgIpc) is 2.37. The van der Waals surface area contributed by atoms with Crippen molar-refractivity contribution in [3.05, 3.63) is 23.8 Å². The first-order valence-electron chi connectivity index (χ1n) is 7.27. The summed E-state index contributed by atoms with van der Waals surface area (Å²) in [4.78, 5) is 0. The number of nitrogens with one attached hydrogen (secondary N) is 1. The van der Waals surface area contributed by atoms with E-state index in [1.54, 1.807) is 0 Å². The van der Waals surface area contributed by atoms with Gasteiger partial charge < -0.3 is 5.11 Å². The maximum Gasteiger partial charge on any atom is 0.110 e. The van der Waals surface area contributed by atoms with Gasteiger partial charge >= 0.3 is 0 Å². The van der Waals surface area contributed by atoms with E-state index in [1.807, 2.05) is 26.0 Å². The third kappa shape index (κ3) is 9.43. The molecule has 2 heteroatoms. The van der Waals surface area contributed by atoms with Crippen LogP contribution in [0, 0.1) is 5.92 Å². The van der Waals surface area contributed by atoms with E-state index in [0.717, 1.165) is 13.0 Å². The molecule has 0 aromatic carbocycles. The lowest BCUT2D eigenvalue weighted by Crippen LogP contribution is -2.34. The molecule has 0 radical (unpaired) electrons. The van der Waals surface area contributed by atoms with Crippen LogP contribution in [-0.2, 0) is 0 Å². The van der Waals surface area contributed by atoms with Gasteiger partial charge in [0.2, 0.25) is 0 Å². The van der Waals surface area contributed by atoms with Crippen LogP contribution < -0.4 is 5.32 Å². The summed E-state index contributed by atoms with van der Waals surface area (Å²) in [6.45, 7) is 9.21. The Morgan fingerprint density at radius 2 is 1.83 bits per heavy atom. The Morgan fingerprint density at radius 1 is 1.17 bits per heavy atom. The Balaban J connectivity index is 3.40. The Morgan fingerprint density at radius 3 is 2.44 bits per heavy atom. The van der Waals surface area contributed by atoms with Gasteiger partial charge in [-0.2, -0.15) is 0 Å². The first-order chi connectivity index (χ1) is 8.61. The summed E-state index contributed by atoms with van der Waals surface area (Å²) in [5.74, 6) is 0.187. The first kappa shape index (κ1) is 17.4. The van der Waals surface area contributed by atoms with E-state index < -0.39 is 6.23 Å². The molecule has 0 heterocycles. The normalized spacial score (nSPS) is 16.2. The van der Waals surface area contributed by atoms with Crippen LogP contribution in [0.3, 0.4) is 0 Å². The maximum atomic E-state index is 9.79. The topological polar surface area (TPSA) is 32.3 Å². The quantitative estimate of drug-likeness (QED) is 0.350. The molecule has 0 saturated carbocycles. The van der Waals surface area contributed by atoms with Gasteiger partial charge in [0.15, 0.2) is 0 Å². The molecule has 0 amide bonds. The van der Waals surface area contributed by atoms with Crippen molar-refractivity contribution in [2.45, 2.75) is 66.0 Å². The van der Waals surface area contributed by atoms with Gasteiger partial charge in [-0.25, -0.2) is 0 Å². The zero-order valence-corrected chi connectivity index (χ0v) is 12.6. The van der Waals surface area contributed by atoms with E-state index in [4.69, 9.17) is 0 Å². The molecule has 106 valence electrons. The van der Waals surface area contributed by atoms with Crippen LogP contribution in [0.1, 0.15) is 59.8 Å². The largest absolute Gasteiger partial charge is 0.378 e. The minimum atomic E-state index is -0.411. The molecule has 0 spiro atoms. The van der Waals surface area contributed by atoms with Gasteiger partial charge in [-0.05, 0) is 46.6 Å². The van der Waals surface area contributed by atoms with Crippen LogP contribution in [0.15, 0.2) is 23.8 Å². The number of hydrogen-bond donors (Lipinski definition) is 2. The van der Waals surface area contributed by atoms with Crippen molar-refractivity contribution >= 4 is 0 Å². The number of hydrogen-bond acceptors (Lipinski definition) is 2. The molecule has 0 aromatic rings. The molecule has 2 nitrogen and oxygen atoms in total. The molecule has 2 N–H and O–H groups in total. The fourth-order valence-electron chi connectivity index (χ4n) is 1.87. The summed E-state index contributed by atoms with van der Waals surface area (Å²) in [7, 11) is 0. The predicted molar refractivity (Wildman–Crippen MR) is 80.5 cm³/mol. The molecule has 0 fully saturated rings. The second-order valence-electron chi connectivity index (χ2n) is 5.08. The van der Waals surface area contributed by atoms with E-state index >= 15 is 0 Å². The van der Waals surface area contributed by atoms with E-state index in [2.05, 4.69) is 25.2 Å². The number of allylic oxidation sites excluding steroid dienone is 3. The highest BCUT2D eigenvalue weighted by Gasteiger charge is 2.08. The first-order valence-corrected chi connectivity index (χ1v) is 7.27. The van der Waals surface area contributed by atoms with E-state index in [9.17, 15) is 5.11 Å². The molecular formula is C16H31NO. The number of aliphatic hydroxyl groups is 1. The van der Waals surface area contributed by atoms with Crippen molar-refractivity contribution in [1.82, 2.24) is 5.32 Å². The van der Waals surface area contributed by atoms with Gasteiger partial charge in [0.25, 0.3) is 0 Å². The third-order valence-corrected chi connectivity index (χ3v) is 3.34. The third-order valence-electron chi connectivity index (χ3n) is 3.34. The Hall–Kier alpha value is -0.600. The van der Waals surface area contributed by atoms with Gasteiger partial charge in [0.05, 0.1) is 0 Å². The maximum absolute atomic E-state index is 9.79. The molecule has 0 aliphatic heterocycles. The van der Waals surface area contributed by atoms with Gasteiger partial charge in [-0.1, -0.05) is 43.6 Å². The second kappa shape index (κ2) is 11.5. The average molecular weight is 253 g/mol. The summed E-state index contributed by atoms with van der Waals surface area (Å²) in [6.07, 6.45) is 12.0. The van der Waals surface area contributed by atoms with Gasteiger partial charge in [0, 0.05) is 5.92 Å². The highest BCUT2D eigenvalue weighted by Crippen LogP contribution is 2.09. The minimum Gasteiger partial charge on any atom is -0.378 e. The smallest absolute Gasteiger partial charge is 0.110 e. The zero-order chi connectivity index (χ0) is 13.8. The van der Waals surface area contributed by atoms with Crippen LogP contribution in [-0.4, -0.2) is 17.9 Å². The lowest BCUT2D eigenvalue weighted by Gasteiger charge is -2.17. The summed E-state index contributed by atoms with van der Waals surface area (Å²) < 4.78 is 0. The van der Waals surface area contributed by atoms with Crippen molar-refractivity contribution in [2.24, 2.45) is 5.92 Å². The number of aliphatic hydroxyl groups excluding tert-OH is 1. The van der Waals surface area contributed by atoms with Crippen molar-refractivity contribution in [2.75, 3.05) is 6.54 Å². The van der Waals surface area contributed by atoms with Crippen LogP contribution in [0.2, 0.25) is 0 Å². The van der Waals surface area contributed by atoms with Crippen LogP contribution in [0.5, 0.6) is 0 Å². The standard InChI is InChI=1S/C16H31NO/c1-5-11-15(4)16(18)17-13-10-8-7-9-12-14(3)6-2/h5-6,11,15-18H,7-10,12-13H2,1-4H3. The fourth-order valence-corrected chi connectivity index (χ4v) is 1.87. The highest BCUT2D eigenvalue weighted by atomic mass is 16.3. The molecule has 0 aromatic heterocycles. The second-order valence-corrected chi connectivity index (χ2v) is 5.08. The monoisotopic (exact) mass is 253 g/mol. The van der Waals surface area contributed by atoms with Gasteiger partial charge in [-0.3, -0.25) is 5.32 Å². The number of rotatable bonds is 10. The van der Waals surface area contributed by atoms with Crippen molar-refractivity contribution in [3.63, 3.8) is 0 Å². The van der Waals surface area contributed by atoms with Crippen molar-refractivity contribution < 1.29 is 5.11 Å². The molecule has 0 bridgehead atoms.